The molecule has 2 heterocycles. The van der Waals surface area contributed by atoms with Crippen LogP contribution in [0.5, 0.6) is 0 Å². The third kappa shape index (κ3) is 18.4. The Kier molecular flexibility index (Phi) is 26.7. The highest BCUT2D eigenvalue weighted by Gasteiger charge is 2.64. The molecule has 0 amide bonds. The number of hydrogen-bond acceptors (Lipinski definition) is 13. The minimum Gasteiger partial charge on any atom is -0.466 e. The average molecular weight is 1100 g/mol. The minimum absolute atomic E-state index is 0.0682. The maximum Gasteiger partial charge on any atom is 0.509 e. The smallest absolute Gasteiger partial charge is 0.466 e. The standard InChI is InChI=1S/C58H106O13Si3/c1-25-74(26-2,27-3)69-46(38-62-17)36-49-44(9)52(71-73(23,24)57(14,15)16)45(10)58(65-20,68-49)53-51(66-55(61)67-53)37-50(63-18)48(70-72(21,22)56(11,12)13)30-28-29-39(4)31-32-47(59)42(7)34-40(5)33-41(6)35-43(8)54(60)64-19/h29,31-35,42,44-53,59H,25-28,30,36-38H2,1-24H3/b32-31+,39-29+,40-34+,41-33+,43-35+/t42-,44+,45-,46-,47-,48+,49-,50+,51+,52+,53-,58-/m1/s1. The summed E-state index contributed by atoms with van der Waals surface area (Å²) < 4.78 is 65.2. The van der Waals surface area contributed by atoms with E-state index in [2.05, 4.69) is 108 Å². The van der Waals surface area contributed by atoms with Crippen LogP contribution in [0, 0.1) is 17.8 Å². The Morgan fingerprint density at radius 1 is 0.797 bits per heavy atom. The number of aliphatic hydroxyl groups is 1. The number of aliphatic hydroxyl groups excluding tert-OH is 1. The first kappa shape index (κ1) is 67.9. The summed E-state index contributed by atoms with van der Waals surface area (Å²) in [5.74, 6) is -2.43. The molecular formula is C58H106O13Si3. The molecule has 2 aliphatic rings. The molecule has 0 aromatic heterocycles. The van der Waals surface area contributed by atoms with Crippen molar-refractivity contribution in [2.45, 2.75) is 245 Å². The molecule has 2 fully saturated rings. The van der Waals surface area contributed by atoms with Gasteiger partial charge in [-0.25, -0.2) is 9.59 Å². The maximum atomic E-state index is 13.6. The molecule has 12 atom stereocenters. The second kappa shape index (κ2) is 29.1. The third-order valence-corrected chi connectivity index (χ3v) is 30.6. The molecule has 16 heteroatoms. The van der Waals surface area contributed by atoms with E-state index < -0.39 is 67.4 Å². The van der Waals surface area contributed by atoms with Gasteiger partial charge in [-0.05, 0) is 101 Å². The van der Waals surface area contributed by atoms with Crippen LogP contribution < -0.4 is 0 Å². The summed E-state index contributed by atoms with van der Waals surface area (Å²) in [6.45, 7) is 43.5. The first-order valence-electron chi connectivity index (χ1n) is 27.5. The van der Waals surface area contributed by atoms with Gasteiger partial charge in [0, 0.05) is 57.5 Å². The van der Waals surface area contributed by atoms with Gasteiger partial charge in [0.2, 0.25) is 5.79 Å². The van der Waals surface area contributed by atoms with E-state index in [1.54, 1.807) is 34.3 Å². The number of hydrogen-bond donors (Lipinski definition) is 1. The summed E-state index contributed by atoms with van der Waals surface area (Å²) in [6.07, 6.45) is 8.75. The molecule has 0 radical (unpaired) electrons. The van der Waals surface area contributed by atoms with Crippen LogP contribution in [0.25, 0.3) is 0 Å². The van der Waals surface area contributed by atoms with Crippen molar-refractivity contribution in [1.82, 2.24) is 0 Å². The highest BCUT2D eigenvalue weighted by molar-refractivity contribution is 6.74. The molecule has 0 aromatic carbocycles. The van der Waals surface area contributed by atoms with Gasteiger partial charge >= 0.3 is 12.1 Å². The zero-order chi connectivity index (χ0) is 56.8. The largest absolute Gasteiger partial charge is 0.509 e. The molecule has 428 valence electrons. The Hall–Kier alpha value is -2.23. The van der Waals surface area contributed by atoms with Gasteiger partial charge in [0.25, 0.3) is 0 Å². The molecule has 0 unspecified atom stereocenters. The van der Waals surface area contributed by atoms with Crippen LogP contribution in [0.15, 0.2) is 58.7 Å². The van der Waals surface area contributed by atoms with Crippen molar-refractivity contribution < 1.29 is 61.1 Å². The summed E-state index contributed by atoms with van der Waals surface area (Å²) in [7, 11) is -0.387. The fourth-order valence-electron chi connectivity index (χ4n) is 9.86. The lowest BCUT2D eigenvalue weighted by atomic mass is 9.76. The second-order valence-corrected chi connectivity index (χ2v) is 38.7. The fraction of sp³-hybridized carbons (Fsp3) is 0.793. The number of cyclic esters (lactones) is 2. The number of allylic oxidation sites excluding steroid dienone is 7. The van der Waals surface area contributed by atoms with Crippen LogP contribution in [-0.4, -0.2) is 132 Å². The second-order valence-electron chi connectivity index (χ2n) is 24.5. The molecule has 13 nitrogen and oxygen atoms in total. The molecule has 0 bridgehead atoms. The first-order valence-corrected chi connectivity index (χ1v) is 35.8. The normalized spacial score (nSPS) is 26.4. The summed E-state index contributed by atoms with van der Waals surface area (Å²) in [4.78, 5) is 25.5. The van der Waals surface area contributed by atoms with E-state index in [0.717, 1.165) is 34.9 Å². The third-order valence-electron chi connectivity index (χ3n) is 16.9. The lowest BCUT2D eigenvalue weighted by Gasteiger charge is -2.55. The first-order chi connectivity index (χ1) is 34.2. The Bertz CT molecular complexity index is 1920. The molecule has 2 rings (SSSR count). The number of methoxy groups -OCH3 is 4. The van der Waals surface area contributed by atoms with Gasteiger partial charge in [-0.15, -0.1) is 0 Å². The van der Waals surface area contributed by atoms with Crippen LogP contribution in [0.1, 0.15) is 136 Å². The quantitative estimate of drug-likeness (QED) is 0.0328. The summed E-state index contributed by atoms with van der Waals surface area (Å²) in [5, 5.41) is 11.0. The number of rotatable bonds is 29. The van der Waals surface area contributed by atoms with Gasteiger partial charge in [0.1, 0.15) is 0 Å². The highest BCUT2D eigenvalue weighted by atomic mass is 28.4. The van der Waals surface area contributed by atoms with E-state index in [1.807, 2.05) is 52.0 Å². The van der Waals surface area contributed by atoms with Gasteiger partial charge in [-0.2, -0.15) is 0 Å². The number of carbonyl (C=O) groups is 2. The van der Waals surface area contributed by atoms with Crippen molar-refractivity contribution in [2.24, 2.45) is 17.8 Å². The Morgan fingerprint density at radius 3 is 1.91 bits per heavy atom. The maximum absolute atomic E-state index is 13.6. The van der Waals surface area contributed by atoms with Crippen LogP contribution in [0.2, 0.25) is 54.4 Å². The average Bonchev–Trinajstić information content (AvgIpc) is 3.69. The van der Waals surface area contributed by atoms with Gasteiger partial charge in [-0.3, -0.25) is 0 Å². The molecule has 0 aromatic rings. The predicted octanol–water partition coefficient (Wildman–Crippen LogP) is 13.8. The van der Waals surface area contributed by atoms with Crippen molar-refractivity contribution in [2.75, 3.05) is 35.0 Å². The molecule has 2 saturated heterocycles. The summed E-state index contributed by atoms with van der Waals surface area (Å²) >= 11 is 0. The monoisotopic (exact) mass is 1090 g/mol. The molecule has 2 aliphatic heterocycles. The van der Waals surface area contributed by atoms with Crippen LogP contribution >= 0.6 is 0 Å². The van der Waals surface area contributed by atoms with E-state index in [4.69, 9.17) is 46.4 Å². The van der Waals surface area contributed by atoms with Crippen molar-refractivity contribution in [3.63, 3.8) is 0 Å². The minimum atomic E-state index is -2.37. The Balaban J connectivity index is 2.60. The van der Waals surface area contributed by atoms with Gasteiger partial charge < -0.3 is 51.5 Å². The SMILES string of the molecule is CC[Si](CC)(CC)O[C@@H](COC)C[C@H]1O[C@@](OC)([C@@H]2OC(=O)O[C@H]2C[C@H](OC)[C@H](CC/C=C(C)/C=C/[C@@H](O)[C@H](C)/C=C(C)/C=C(C)/C=C(\C)C(=O)OC)O[Si](C)(C)C(C)(C)C)[C@H](C)[C@@H](O[Si](C)(C)C(C)(C)C)[C@H]1C. The van der Waals surface area contributed by atoms with E-state index >= 15 is 0 Å². The van der Waals surface area contributed by atoms with Gasteiger partial charge in [0.15, 0.2) is 37.2 Å². The lowest BCUT2D eigenvalue weighted by molar-refractivity contribution is -0.359. The summed E-state index contributed by atoms with van der Waals surface area (Å²) in [5.41, 5.74) is 3.41. The fourth-order valence-corrected chi connectivity index (χ4v) is 15.6. The molecule has 0 aliphatic carbocycles. The molecule has 0 spiro atoms. The van der Waals surface area contributed by atoms with E-state index in [9.17, 15) is 14.7 Å². The van der Waals surface area contributed by atoms with Crippen LogP contribution in [-0.2, 0) is 51.2 Å². The van der Waals surface area contributed by atoms with Crippen molar-refractivity contribution in [1.29, 1.82) is 0 Å². The number of carbonyl (C=O) groups excluding carboxylic acids is 2. The number of ether oxygens (including phenoxy) is 7. The molecule has 74 heavy (non-hydrogen) atoms. The molecular weight excluding hydrogens is 989 g/mol. The van der Waals surface area contributed by atoms with Gasteiger partial charge in [-0.1, -0.05) is 130 Å². The Labute approximate surface area is 453 Å². The zero-order valence-corrected chi connectivity index (χ0v) is 53.8. The number of esters is 1. The van der Waals surface area contributed by atoms with Crippen LogP contribution in [0.4, 0.5) is 4.79 Å². The zero-order valence-electron chi connectivity index (χ0n) is 50.8. The molecule has 0 saturated carbocycles. The summed E-state index contributed by atoms with van der Waals surface area (Å²) in [6, 6.07) is 3.01. The highest BCUT2D eigenvalue weighted by Crippen LogP contribution is 2.50. The van der Waals surface area contributed by atoms with Crippen molar-refractivity contribution in [3.8, 4) is 0 Å². The molecule has 1 N–H and O–H groups in total. The van der Waals surface area contributed by atoms with E-state index in [0.29, 0.717) is 31.4 Å². The van der Waals surface area contributed by atoms with Crippen LogP contribution in [0.3, 0.4) is 0 Å². The van der Waals surface area contributed by atoms with Crippen molar-refractivity contribution in [3.05, 3.63) is 58.7 Å². The van der Waals surface area contributed by atoms with Crippen molar-refractivity contribution >= 4 is 37.1 Å². The lowest BCUT2D eigenvalue weighted by Crippen LogP contribution is -2.67. The topological polar surface area (TPSA) is 147 Å². The predicted molar refractivity (Wildman–Crippen MR) is 307 cm³/mol. The van der Waals surface area contributed by atoms with E-state index in [-0.39, 0.29) is 58.5 Å². The van der Waals surface area contributed by atoms with Gasteiger partial charge in [0.05, 0.1) is 50.3 Å². The van der Waals surface area contributed by atoms with E-state index in [1.165, 1.54) is 7.11 Å². The Morgan fingerprint density at radius 2 is 1.39 bits per heavy atom.